The number of nitrogens with one attached hydrogen (secondary N) is 2. The molecule has 2 amide bonds. The second kappa shape index (κ2) is 17.3. The number of thioether (sulfide) groups is 1. The van der Waals surface area contributed by atoms with Crippen LogP contribution in [0.1, 0.15) is 67.4 Å². The molecule has 0 spiro atoms. The van der Waals surface area contributed by atoms with E-state index in [9.17, 15) is 33.8 Å². The summed E-state index contributed by atoms with van der Waals surface area (Å²) in [5.74, 6) is -1.97. The number of carboxylic acid groups (broad SMARTS) is 1. The van der Waals surface area contributed by atoms with E-state index in [1.807, 2.05) is 13.0 Å². The van der Waals surface area contributed by atoms with E-state index < -0.39 is 46.9 Å². The number of carbonyl (C=O) groups is 4. The van der Waals surface area contributed by atoms with Gasteiger partial charge in [0, 0.05) is 28.9 Å². The molecule has 10 nitrogen and oxygen atoms in total. The molecule has 5 rings (SSSR count). The number of aliphatic hydroxyl groups excluding tert-OH is 1. The summed E-state index contributed by atoms with van der Waals surface area (Å²) in [7, 11) is 0. The lowest BCUT2D eigenvalue weighted by Crippen LogP contribution is -2.57. The third-order valence-electron chi connectivity index (χ3n) is 9.00. The molecule has 50 heavy (non-hydrogen) atoms. The number of amides is 2. The fourth-order valence-corrected chi connectivity index (χ4v) is 7.65. The lowest BCUT2D eigenvalue weighted by atomic mass is 9.92. The second-order valence-corrected chi connectivity index (χ2v) is 14.3. The number of ketones is 1. The molecule has 3 aromatic carbocycles. The molecule has 266 valence electrons. The van der Waals surface area contributed by atoms with Gasteiger partial charge >= 0.3 is 5.97 Å². The van der Waals surface area contributed by atoms with Gasteiger partial charge in [-0.1, -0.05) is 55.1 Å². The van der Waals surface area contributed by atoms with Gasteiger partial charge in [0.15, 0.2) is 12.4 Å². The van der Waals surface area contributed by atoms with Crippen molar-refractivity contribution in [2.75, 3.05) is 23.8 Å². The first kappa shape index (κ1) is 37.3. The van der Waals surface area contributed by atoms with Crippen LogP contribution in [0.25, 0.3) is 0 Å². The number of aryl methyl sites for hydroxylation is 1. The van der Waals surface area contributed by atoms with Crippen molar-refractivity contribution >= 4 is 52.6 Å². The Labute approximate surface area is 299 Å². The average molecular weight is 726 g/mol. The van der Waals surface area contributed by atoms with E-state index in [-0.39, 0.29) is 37.3 Å². The minimum atomic E-state index is -1.09. The molecular weight excluding hydrogens is 685 g/mol. The minimum absolute atomic E-state index is 0.0739. The Morgan fingerprint density at radius 2 is 1.74 bits per heavy atom. The van der Waals surface area contributed by atoms with Crippen LogP contribution in [0.2, 0.25) is 5.02 Å². The number of hydrogen-bond donors (Lipinski definition) is 4. The molecule has 1 heterocycles. The van der Waals surface area contributed by atoms with Crippen LogP contribution in [0.4, 0.5) is 10.1 Å². The van der Waals surface area contributed by atoms with Crippen molar-refractivity contribution < 1.29 is 38.5 Å². The summed E-state index contributed by atoms with van der Waals surface area (Å²) in [6, 6.07) is 16.5. The first-order valence-corrected chi connectivity index (χ1v) is 18.1. The maximum Gasteiger partial charge on any atom is 0.321 e. The number of hydrogen-bond acceptors (Lipinski definition) is 8. The molecule has 1 unspecified atom stereocenters. The fourth-order valence-electron chi connectivity index (χ4n) is 6.23. The largest absolute Gasteiger partial charge is 0.484 e. The van der Waals surface area contributed by atoms with Gasteiger partial charge in [0.25, 0.3) is 5.91 Å². The molecule has 1 saturated heterocycles. The number of carboxylic acids is 1. The Balaban J connectivity index is 1.16. The van der Waals surface area contributed by atoms with Crippen molar-refractivity contribution in [2.24, 2.45) is 0 Å². The summed E-state index contributed by atoms with van der Waals surface area (Å²) >= 11 is 7.47. The molecule has 2 fully saturated rings. The van der Waals surface area contributed by atoms with Gasteiger partial charge in [-0.05, 0) is 78.9 Å². The monoisotopic (exact) mass is 725 g/mol. The van der Waals surface area contributed by atoms with Crippen molar-refractivity contribution in [3.8, 4) is 5.75 Å². The fraction of sp³-hybridized carbons (Fsp3) is 0.405. The molecule has 2 aliphatic rings. The van der Waals surface area contributed by atoms with E-state index in [4.69, 9.17) is 16.3 Å². The normalized spacial score (nSPS) is 19.0. The average Bonchev–Trinajstić information content (AvgIpc) is 3.11. The number of β-lactam (4-membered cyclic amide) rings is 1. The third kappa shape index (κ3) is 9.63. The summed E-state index contributed by atoms with van der Waals surface area (Å²) in [5, 5.41) is 26.1. The molecule has 0 aromatic heterocycles. The van der Waals surface area contributed by atoms with Crippen molar-refractivity contribution in [1.82, 2.24) is 10.6 Å². The van der Waals surface area contributed by atoms with Crippen LogP contribution in [0.15, 0.2) is 66.7 Å². The molecule has 0 bridgehead atoms. The highest BCUT2D eigenvalue weighted by Crippen LogP contribution is 2.46. The first-order chi connectivity index (χ1) is 24.0. The van der Waals surface area contributed by atoms with Crippen LogP contribution in [0.3, 0.4) is 0 Å². The van der Waals surface area contributed by atoms with Crippen LogP contribution < -0.4 is 20.3 Å². The zero-order valence-electron chi connectivity index (χ0n) is 27.6. The highest BCUT2D eigenvalue weighted by molar-refractivity contribution is 8.00. The Hall–Kier alpha value is -3.97. The molecule has 4 atom stereocenters. The molecule has 3 aromatic rings. The number of rotatable bonds is 16. The Bertz CT molecular complexity index is 1670. The zero-order chi connectivity index (χ0) is 35.8. The SMILES string of the molecule is Cc1cc(C(O)CS[C@H]2C(=O)N(c3ccc(F)cc3)[C@@H]2c2ccc(OCC(=O)NCC(=O)C[C@@H](NC3CCCCC3)C(=O)O)cc2)ccc1Cl. The third-order valence-corrected chi connectivity index (χ3v) is 10.7. The zero-order valence-corrected chi connectivity index (χ0v) is 29.2. The molecule has 0 radical (unpaired) electrons. The van der Waals surface area contributed by atoms with Gasteiger partial charge < -0.3 is 30.5 Å². The smallest absolute Gasteiger partial charge is 0.321 e. The molecule has 1 saturated carbocycles. The summed E-state index contributed by atoms with van der Waals surface area (Å²) in [6.07, 6.45) is 3.90. The molecular formula is C37H41ClFN3O7S. The Morgan fingerprint density at radius 1 is 1.04 bits per heavy atom. The minimum Gasteiger partial charge on any atom is -0.484 e. The summed E-state index contributed by atoms with van der Waals surface area (Å²) in [5.41, 5.74) is 2.86. The lowest BCUT2D eigenvalue weighted by Gasteiger charge is -2.47. The van der Waals surface area contributed by atoms with Crippen LogP contribution in [-0.4, -0.2) is 70.0 Å². The predicted molar refractivity (Wildman–Crippen MR) is 190 cm³/mol. The van der Waals surface area contributed by atoms with E-state index in [0.717, 1.165) is 43.2 Å². The maximum atomic E-state index is 13.7. The van der Waals surface area contributed by atoms with Gasteiger partial charge in [0.05, 0.1) is 18.7 Å². The lowest BCUT2D eigenvalue weighted by molar-refractivity contribution is -0.141. The van der Waals surface area contributed by atoms with Crippen molar-refractivity contribution in [1.29, 1.82) is 0 Å². The van der Waals surface area contributed by atoms with Gasteiger partial charge in [-0.2, -0.15) is 0 Å². The second-order valence-electron chi connectivity index (χ2n) is 12.7. The Morgan fingerprint density at radius 3 is 2.40 bits per heavy atom. The number of halogens is 2. The highest BCUT2D eigenvalue weighted by atomic mass is 35.5. The van der Waals surface area contributed by atoms with E-state index in [1.54, 1.807) is 53.4 Å². The number of nitrogens with zero attached hydrogens (tertiary/aromatic N) is 1. The van der Waals surface area contributed by atoms with Crippen LogP contribution in [0, 0.1) is 12.7 Å². The topological polar surface area (TPSA) is 145 Å². The number of carbonyl (C=O) groups excluding carboxylic acids is 3. The summed E-state index contributed by atoms with van der Waals surface area (Å²) in [4.78, 5) is 51.6. The van der Waals surface area contributed by atoms with E-state index in [1.165, 1.54) is 23.9 Å². The number of benzene rings is 3. The van der Waals surface area contributed by atoms with Crippen LogP contribution >= 0.6 is 23.4 Å². The Kier molecular flexibility index (Phi) is 12.9. The van der Waals surface area contributed by atoms with Crippen LogP contribution in [0.5, 0.6) is 5.75 Å². The van der Waals surface area contributed by atoms with E-state index >= 15 is 0 Å². The molecule has 13 heteroatoms. The molecule has 1 aliphatic carbocycles. The summed E-state index contributed by atoms with van der Waals surface area (Å²) in [6.45, 7) is 1.19. The molecule has 4 N–H and O–H groups in total. The van der Waals surface area contributed by atoms with Crippen molar-refractivity contribution in [2.45, 2.75) is 74.9 Å². The van der Waals surface area contributed by atoms with Gasteiger partial charge in [0.2, 0.25) is 5.91 Å². The number of ether oxygens (including phenoxy) is 1. The van der Waals surface area contributed by atoms with E-state index in [2.05, 4.69) is 10.6 Å². The van der Waals surface area contributed by atoms with Crippen molar-refractivity contribution in [3.05, 3.63) is 94.3 Å². The maximum absolute atomic E-state index is 13.7. The van der Waals surface area contributed by atoms with E-state index in [0.29, 0.717) is 22.0 Å². The van der Waals surface area contributed by atoms with Gasteiger partial charge in [-0.25, -0.2) is 4.39 Å². The van der Waals surface area contributed by atoms with Crippen LogP contribution in [-0.2, 0) is 19.2 Å². The first-order valence-electron chi connectivity index (χ1n) is 16.6. The quantitative estimate of drug-likeness (QED) is 0.140. The highest BCUT2D eigenvalue weighted by Gasteiger charge is 2.49. The van der Waals surface area contributed by atoms with Crippen molar-refractivity contribution in [3.63, 3.8) is 0 Å². The predicted octanol–water partition coefficient (Wildman–Crippen LogP) is 5.54. The number of anilines is 1. The van der Waals surface area contributed by atoms with Gasteiger partial charge in [-0.3, -0.25) is 19.2 Å². The van der Waals surface area contributed by atoms with Gasteiger partial charge in [-0.15, -0.1) is 11.8 Å². The van der Waals surface area contributed by atoms with Gasteiger partial charge in [0.1, 0.15) is 22.9 Å². The number of Topliss-reactive ketones (excluding diaryl/α,β-unsaturated/α-hetero) is 1. The number of aliphatic hydroxyl groups is 1. The molecule has 1 aliphatic heterocycles. The summed E-state index contributed by atoms with van der Waals surface area (Å²) < 4.78 is 19.3. The number of aliphatic carboxylic acids is 1. The standard InChI is InChI=1S/C37H41ClFN3O7S/c1-22-17-24(9-16-30(22)38)32(44)21-50-35-34(42(36(35)46)27-12-10-25(39)11-13-27)23-7-14-29(15-8-23)49-20-33(45)40-19-28(43)18-31(37(47)48)41-26-5-3-2-4-6-26/h7-17,26,31-32,34-35,41,44H,2-6,18-21H2,1H3,(H,40,45)(H,47,48)/t31-,32?,34-,35-/m1/s1.